The summed E-state index contributed by atoms with van der Waals surface area (Å²) in [6.07, 6.45) is 0. The maximum Gasteiger partial charge on any atom is 0.279 e. The van der Waals surface area contributed by atoms with Gasteiger partial charge in [0.05, 0.1) is 0 Å². The number of hydrogen-bond acceptors (Lipinski definition) is 3. The Morgan fingerprint density at radius 1 is 1.29 bits per heavy atom. The van der Waals surface area contributed by atoms with Gasteiger partial charge in [-0.05, 0) is 17.7 Å². The van der Waals surface area contributed by atoms with Gasteiger partial charge in [0.1, 0.15) is 0 Å². The van der Waals surface area contributed by atoms with E-state index in [0.717, 1.165) is 5.56 Å². The van der Waals surface area contributed by atoms with E-state index in [9.17, 15) is 8.42 Å². The average Bonchev–Trinajstić information content (AvgIpc) is 2.28. The molecule has 1 aromatic rings. The van der Waals surface area contributed by atoms with Crippen LogP contribution in [-0.2, 0) is 16.8 Å². The van der Waals surface area contributed by atoms with Gasteiger partial charge in [-0.15, -0.1) is 0 Å². The standard InChI is InChI=1S/C11H19N3O2S/c1-3-14(4-2)17(15,16)13-9-10-6-5-7-11(12)8-10/h5-8,13H,3-4,9,12H2,1-2H3. The average molecular weight is 257 g/mol. The number of hydrogen-bond donors (Lipinski definition) is 2. The highest BCUT2D eigenvalue weighted by atomic mass is 32.2. The molecule has 0 aliphatic rings. The van der Waals surface area contributed by atoms with Crippen molar-refractivity contribution in [2.24, 2.45) is 0 Å². The zero-order chi connectivity index (χ0) is 12.9. The van der Waals surface area contributed by atoms with Crippen molar-refractivity contribution in [1.29, 1.82) is 0 Å². The molecule has 0 aliphatic carbocycles. The summed E-state index contributed by atoms with van der Waals surface area (Å²) in [5, 5.41) is 0. The third-order valence-electron chi connectivity index (χ3n) is 2.46. The number of benzene rings is 1. The van der Waals surface area contributed by atoms with Gasteiger partial charge in [0.25, 0.3) is 10.2 Å². The van der Waals surface area contributed by atoms with E-state index in [4.69, 9.17) is 5.73 Å². The fourth-order valence-corrected chi connectivity index (χ4v) is 2.74. The molecule has 96 valence electrons. The van der Waals surface area contributed by atoms with Crippen LogP contribution in [0.5, 0.6) is 0 Å². The normalized spacial score (nSPS) is 11.9. The lowest BCUT2D eigenvalue weighted by molar-refractivity contribution is 0.434. The lowest BCUT2D eigenvalue weighted by Gasteiger charge is -2.18. The van der Waals surface area contributed by atoms with Crippen LogP contribution in [0.4, 0.5) is 5.69 Å². The van der Waals surface area contributed by atoms with E-state index in [1.807, 2.05) is 19.9 Å². The Bertz CT molecular complexity index is 456. The van der Waals surface area contributed by atoms with Gasteiger partial charge in [-0.3, -0.25) is 0 Å². The molecular formula is C11H19N3O2S. The van der Waals surface area contributed by atoms with Crippen molar-refractivity contribution in [2.75, 3.05) is 18.8 Å². The van der Waals surface area contributed by atoms with E-state index in [1.54, 1.807) is 18.2 Å². The van der Waals surface area contributed by atoms with Crippen LogP contribution in [0.15, 0.2) is 24.3 Å². The SMILES string of the molecule is CCN(CC)S(=O)(=O)NCc1cccc(N)c1. The van der Waals surface area contributed by atoms with Crippen LogP contribution in [0.25, 0.3) is 0 Å². The van der Waals surface area contributed by atoms with Gasteiger partial charge < -0.3 is 5.73 Å². The second kappa shape index (κ2) is 6.00. The summed E-state index contributed by atoms with van der Waals surface area (Å²) in [5.74, 6) is 0. The first-order valence-corrected chi connectivity index (χ1v) is 7.02. The smallest absolute Gasteiger partial charge is 0.279 e. The van der Waals surface area contributed by atoms with E-state index < -0.39 is 10.2 Å². The zero-order valence-electron chi connectivity index (χ0n) is 10.2. The number of anilines is 1. The second-order valence-electron chi connectivity index (χ2n) is 3.66. The highest BCUT2D eigenvalue weighted by Gasteiger charge is 2.17. The summed E-state index contributed by atoms with van der Waals surface area (Å²) in [7, 11) is -3.39. The molecule has 0 spiro atoms. The zero-order valence-corrected chi connectivity index (χ0v) is 11.0. The van der Waals surface area contributed by atoms with Crippen molar-refractivity contribution >= 4 is 15.9 Å². The van der Waals surface area contributed by atoms with Gasteiger partial charge in [-0.1, -0.05) is 26.0 Å². The highest BCUT2D eigenvalue weighted by molar-refractivity contribution is 7.87. The predicted octanol–water partition coefficient (Wildman–Crippen LogP) is 0.945. The molecule has 0 saturated heterocycles. The second-order valence-corrected chi connectivity index (χ2v) is 5.41. The minimum atomic E-state index is -3.39. The molecule has 1 rings (SSSR count). The molecule has 0 bridgehead atoms. The first-order valence-electron chi connectivity index (χ1n) is 5.58. The quantitative estimate of drug-likeness (QED) is 0.745. The van der Waals surface area contributed by atoms with Crippen LogP contribution in [-0.4, -0.2) is 25.8 Å². The molecule has 0 atom stereocenters. The molecule has 0 amide bonds. The first-order chi connectivity index (χ1) is 7.99. The Morgan fingerprint density at radius 2 is 1.94 bits per heavy atom. The largest absolute Gasteiger partial charge is 0.399 e. The molecule has 5 nitrogen and oxygen atoms in total. The third kappa shape index (κ3) is 3.99. The van der Waals surface area contributed by atoms with Crippen LogP contribution in [0, 0.1) is 0 Å². The third-order valence-corrected chi connectivity index (χ3v) is 4.16. The van der Waals surface area contributed by atoms with Gasteiger partial charge in [-0.2, -0.15) is 17.4 Å². The maximum atomic E-state index is 11.8. The Hall–Kier alpha value is -1.11. The summed E-state index contributed by atoms with van der Waals surface area (Å²) in [6, 6.07) is 7.16. The van der Waals surface area contributed by atoms with E-state index in [1.165, 1.54) is 4.31 Å². The van der Waals surface area contributed by atoms with Crippen LogP contribution in [0.3, 0.4) is 0 Å². The van der Waals surface area contributed by atoms with Crippen molar-refractivity contribution in [2.45, 2.75) is 20.4 Å². The Kier molecular flexibility index (Phi) is 4.92. The topological polar surface area (TPSA) is 75.4 Å². The van der Waals surface area contributed by atoms with Gasteiger partial charge in [0.15, 0.2) is 0 Å². The molecule has 0 unspecified atom stereocenters. The van der Waals surface area contributed by atoms with Crippen LogP contribution < -0.4 is 10.5 Å². The summed E-state index contributed by atoms with van der Waals surface area (Å²) >= 11 is 0. The number of nitrogens with zero attached hydrogens (tertiary/aromatic N) is 1. The van der Waals surface area contributed by atoms with Crippen molar-refractivity contribution in [3.63, 3.8) is 0 Å². The van der Waals surface area contributed by atoms with Gasteiger partial charge in [0.2, 0.25) is 0 Å². The molecule has 0 aromatic heterocycles. The Morgan fingerprint density at radius 3 is 2.47 bits per heavy atom. The van der Waals surface area contributed by atoms with Gasteiger partial charge in [-0.25, -0.2) is 0 Å². The number of rotatable bonds is 6. The monoisotopic (exact) mass is 257 g/mol. The van der Waals surface area contributed by atoms with Crippen molar-refractivity contribution in [3.8, 4) is 0 Å². The number of nitrogen functional groups attached to an aromatic ring is 1. The van der Waals surface area contributed by atoms with Crippen molar-refractivity contribution in [1.82, 2.24) is 9.03 Å². The minimum Gasteiger partial charge on any atom is -0.399 e. The fraction of sp³-hybridized carbons (Fsp3) is 0.455. The molecule has 1 aromatic carbocycles. The summed E-state index contributed by atoms with van der Waals surface area (Å²) in [5.41, 5.74) is 7.10. The van der Waals surface area contributed by atoms with Gasteiger partial charge in [0, 0.05) is 25.3 Å². The molecule has 6 heteroatoms. The predicted molar refractivity (Wildman–Crippen MR) is 69.5 cm³/mol. The molecule has 3 N–H and O–H groups in total. The Labute approximate surface area is 103 Å². The highest BCUT2D eigenvalue weighted by Crippen LogP contribution is 2.07. The van der Waals surface area contributed by atoms with Crippen molar-refractivity contribution < 1.29 is 8.42 Å². The van der Waals surface area contributed by atoms with E-state index >= 15 is 0 Å². The number of nitrogens with one attached hydrogen (secondary N) is 1. The first kappa shape index (κ1) is 14.0. The van der Waals surface area contributed by atoms with Gasteiger partial charge >= 0.3 is 0 Å². The summed E-state index contributed by atoms with van der Waals surface area (Å²) < 4.78 is 27.6. The molecule has 0 heterocycles. The molecular weight excluding hydrogens is 238 g/mol. The summed E-state index contributed by atoms with van der Waals surface area (Å²) in [6.45, 7) is 4.79. The fourth-order valence-electron chi connectivity index (χ4n) is 1.53. The summed E-state index contributed by atoms with van der Waals surface area (Å²) in [4.78, 5) is 0. The minimum absolute atomic E-state index is 0.254. The van der Waals surface area contributed by atoms with Crippen LogP contribution >= 0.6 is 0 Å². The van der Waals surface area contributed by atoms with Crippen LogP contribution in [0.1, 0.15) is 19.4 Å². The van der Waals surface area contributed by atoms with E-state index in [2.05, 4.69) is 4.72 Å². The Balaban J connectivity index is 2.67. The lowest BCUT2D eigenvalue weighted by atomic mass is 10.2. The molecule has 17 heavy (non-hydrogen) atoms. The van der Waals surface area contributed by atoms with E-state index in [0.29, 0.717) is 18.8 Å². The van der Waals surface area contributed by atoms with Crippen LogP contribution in [0.2, 0.25) is 0 Å². The lowest BCUT2D eigenvalue weighted by Crippen LogP contribution is -2.40. The molecule has 0 fully saturated rings. The molecule has 0 saturated carbocycles. The molecule has 0 aliphatic heterocycles. The van der Waals surface area contributed by atoms with E-state index in [-0.39, 0.29) is 6.54 Å². The van der Waals surface area contributed by atoms with Crippen molar-refractivity contribution in [3.05, 3.63) is 29.8 Å². The number of nitrogens with two attached hydrogens (primary N) is 1. The molecule has 0 radical (unpaired) electrons. The maximum absolute atomic E-state index is 11.8.